The summed E-state index contributed by atoms with van der Waals surface area (Å²) in [6.45, 7) is 1.99. The summed E-state index contributed by atoms with van der Waals surface area (Å²) < 4.78 is 7.37. The lowest BCUT2D eigenvalue weighted by molar-refractivity contribution is 0.0528. The molecule has 0 amide bonds. The predicted molar refractivity (Wildman–Crippen MR) is 95.9 cm³/mol. The molecule has 0 radical (unpaired) electrons. The summed E-state index contributed by atoms with van der Waals surface area (Å²) in [6, 6.07) is 7.81. The van der Waals surface area contributed by atoms with Gasteiger partial charge in [-0.3, -0.25) is 0 Å². The van der Waals surface area contributed by atoms with E-state index in [0.29, 0.717) is 17.1 Å². The van der Waals surface area contributed by atoms with E-state index in [1.54, 1.807) is 6.92 Å². The smallest absolute Gasteiger partial charge is 0.343 e. The molecule has 24 heavy (non-hydrogen) atoms. The van der Waals surface area contributed by atoms with Crippen LogP contribution in [0.2, 0.25) is 10.3 Å². The van der Waals surface area contributed by atoms with Gasteiger partial charge in [-0.15, -0.1) is 0 Å². The van der Waals surface area contributed by atoms with E-state index in [9.17, 15) is 4.79 Å². The van der Waals surface area contributed by atoms with E-state index in [1.165, 1.54) is 10.7 Å². The van der Waals surface area contributed by atoms with Crippen molar-refractivity contribution in [1.82, 2.24) is 14.6 Å². The monoisotopic (exact) mass is 427 g/mol. The fourth-order valence-corrected chi connectivity index (χ4v) is 3.10. The van der Waals surface area contributed by atoms with Gasteiger partial charge in [0.1, 0.15) is 15.9 Å². The number of ether oxygens (including phenoxy) is 1. The van der Waals surface area contributed by atoms with Crippen LogP contribution < -0.4 is 0 Å². The molecule has 0 atom stereocenters. The number of rotatable bonds is 4. The minimum Gasteiger partial charge on any atom is -0.462 e. The zero-order chi connectivity index (χ0) is 17.3. The first kappa shape index (κ1) is 17.2. The van der Waals surface area contributed by atoms with Crippen LogP contribution in [0.4, 0.5) is 0 Å². The molecule has 0 saturated heterocycles. The maximum Gasteiger partial charge on any atom is 0.343 e. The normalized spacial score (nSPS) is 11.0. The molecule has 0 spiro atoms. The number of hydrogen-bond donors (Lipinski definition) is 0. The maximum atomic E-state index is 11.9. The van der Waals surface area contributed by atoms with Crippen molar-refractivity contribution in [2.75, 3.05) is 6.61 Å². The number of halogens is 3. The molecule has 0 aliphatic carbocycles. The lowest BCUT2D eigenvalue weighted by Gasteiger charge is -2.09. The third kappa shape index (κ3) is 3.27. The molecule has 0 bridgehead atoms. The average molecular weight is 429 g/mol. The topological polar surface area (TPSA) is 56.5 Å². The molecule has 2 heterocycles. The molecule has 0 aliphatic heterocycles. The van der Waals surface area contributed by atoms with Gasteiger partial charge in [0.2, 0.25) is 0 Å². The van der Waals surface area contributed by atoms with Crippen LogP contribution in [0.25, 0.3) is 5.65 Å². The Balaban J connectivity index is 2.04. The maximum absolute atomic E-state index is 11.9. The van der Waals surface area contributed by atoms with Crippen molar-refractivity contribution >= 4 is 50.7 Å². The number of benzene rings is 1. The second-order valence-electron chi connectivity index (χ2n) is 4.99. The molecule has 0 N–H and O–H groups in total. The molecule has 3 aromatic rings. The molecular formula is C16H12BrCl2N3O2. The van der Waals surface area contributed by atoms with Gasteiger partial charge in [-0.1, -0.05) is 51.3 Å². The van der Waals surface area contributed by atoms with Crippen LogP contribution in [-0.4, -0.2) is 27.2 Å². The second-order valence-corrected chi connectivity index (χ2v) is 6.62. The molecule has 8 heteroatoms. The van der Waals surface area contributed by atoms with E-state index in [-0.39, 0.29) is 23.0 Å². The highest BCUT2D eigenvalue weighted by Gasteiger charge is 2.20. The van der Waals surface area contributed by atoms with Crippen LogP contribution in [0.5, 0.6) is 0 Å². The lowest BCUT2D eigenvalue weighted by atomic mass is 10.1. The van der Waals surface area contributed by atoms with E-state index in [0.717, 1.165) is 10.0 Å². The fraction of sp³-hybridized carbons (Fsp3) is 0.188. The van der Waals surface area contributed by atoms with Crippen LogP contribution >= 0.6 is 39.1 Å². The van der Waals surface area contributed by atoms with Gasteiger partial charge in [0.05, 0.1) is 12.8 Å². The first-order valence-electron chi connectivity index (χ1n) is 7.14. The Morgan fingerprint density at radius 3 is 2.67 bits per heavy atom. The van der Waals surface area contributed by atoms with E-state index < -0.39 is 5.97 Å². The molecular weight excluding hydrogens is 417 g/mol. The summed E-state index contributed by atoms with van der Waals surface area (Å²) in [5.74, 6) is -0.507. The second kappa shape index (κ2) is 7.09. The van der Waals surface area contributed by atoms with Gasteiger partial charge in [0.15, 0.2) is 5.65 Å². The molecule has 1 aromatic carbocycles. The molecule has 0 aliphatic rings. The molecule has 0 saturated carbocycles. The Kier molecular flexibility index (Phi) is 5.08. The Labute approximate surface area is 156 Å². The van der Waals surface area contributed by atoms with Gasteiger partial charge in [-0.05, 0) is 24.6 Å². The summed E-state index contributed by atoms with van der Waals surface area (Å²) in [5.41, 5.74) is 2.19. The van der Waals surface area contributed by atoms with Crippen LogP contribution in [0.3, 0.4) is 0 Å². The van der Waals surface area contributed by atoms with Crippen molar-refractivity contribution in [2.45, 2.75) is 13.3 Å². The SMILES string of the molecule is CCOC(=O)c1cnn2c(Cl)c(Cc3ccc(Br)cc3)c(Cl)nc12. The van der Waals surface area contributed by atoms with Gasteiger partial charge in [-0.25, -0.2) is 14.3 Å². The fourth-order valence-electron chi connectivity index (χ4n) is 2.27. The lowest BCUT2D eigenvalue weighted by Crippen LogP contribution is -2.06. The number of nitrogens with zero attached hydrogens (tertiary/aromatic N) is 3. The van der Waals surface area contributed by atoms with Crippen molar-refractivity contribution in [3.8, 4) is 0 Å². The molecule has 0 fully saturated rings. The largest absolute Gasteiger partial charge is 0.462 e. The van der Waals surface area contributed by atoms with Crippen LogP contribution in [0.1, 0.15) is 28.4 Å². The Bertz CT molecular complexity index is 910. The Hall–Kier alpha value is -1.63. The molecule has 124 valence electrons. The molecule has 0 unspecified atom stereocenters. The van der Waals surface area contributed by atoms with Crippen molar-refractivity contribution in [3.63, 3.8) is 0 Å². The molecule has 5 nitrogen and oxygen atoms in total. The molecule has 2 aromatic heterocycles. The summed E-state index contributed by atoms with van der Waals surface area (Å²) in [5, 5.41) is 4.69. The van der Waals surface area contributed by atoms with E-state index >= 15 is 0 Å². The number of carbonyl (C=O) groups excluding carboxylic acids is 1. The summed E-state index contributed by atoms with van der Waals surface area (Å²) in [4.78, 5) is 16.2. The van der Waals surface area contributed by atoms with Crippen molar-refractivity contribution in [2.24, 2.45) is 0 Å². The zero-order valence-electron chi connectivity index (χ0n) is 12.6. The zero-order valence-corrected chi connectivity index (χ0v) is 15.7. The van der Waals surface area contributed by atoms with Gasteiger partial charge in [-0.2, -0.15) is 5.10 Å². The van der Waals surface area contributed by atoms with E-state index in [1.807, 2.05) is 24.3 Å². The summed E-state index contributed by atoms with van der Waals surface area (Å²) in [7, 11) is 0. The highest BCUT2D eigenvalue weighted by atomic mass is 79.9. The quantitative estimate of drug-likeness (QED) is 0.451. The standard InChI is InChI=1S/C16H12BrCl2N3O2/c1-2-24-16(23)12-8-20-22-14(19)11(13(18)21-15(12)22)7-9-3-5-10(17)6-4-9/h3-6,8H,2,7H2,1H3. The average Bonchev–Trinajstić information content (AvgIpc) is 2.97. The first-order chi connectivity index (χ1) is 11.5. The third-order valence-corrected chi connectivity index (χ3v) is 4.65. The summed E-state index contributed by atoms with van der Waals surface area (Å²) >= 11 is 16.1. The summed E-state index contributed by atoms with van der Waals surface area (Å²) in [6.07, 6.45) is 1.88. The van der Waals surface area contributed by atoms with E-state index in [2.05, 4.69) is 26.0 Å². The highest BCUT2D eigenvalue weighted by molar-refractivity contribution is 9.10. The van der Waals surface area contributed by atoms with Gasteiger partial charge in [0, 0.05) is 16.5 Å². The van der Waals surface area contributed by atoms with Gasteiger partial charge >= 0.3 is 5.97 Å². The minimum absolute atomic E-state index is 0.232. The predicted octanol–water partition coefficient (Wildman–Crippen LogP) is 4.57. The number of aromatic nitrogens is 3. The minimum atomic E-state index is -0.507. The van der Waals surface area contributed by atoms with Crippen molar-refractivity contribution in [3.05, 3.63) is 61.9 Å². The van der Waals surface area contributed by atoms with Crippen molar-refractivity contribution < 1.29 is 9.53 Å². The third-order valence-electron chi connectivity index (χ3n) is 3.42. The van der Waals surface area contributed by atoms with Gasteiger partial charge < -0.3 is 4.74 Å². The number of esters is 1. The number of hydrogen-bond acceptors (Lipinski definition) is 4. The Morgan fingerprint density at radius 1 is 1.29 bits per heavy atom. The van der Waals surface area contributed by atoms with Crippen LogP contribution in [-0.2, 0) is 11.2 Å². The first-order valence-corrected chi connectivity index (χ1v) is 8.69. The molecule has 3 rings (SSSR count). The van der Waals surface area contributed by atoms with Crippen LogP contribution in [0, 0.1) is 0 Å². The highest BCUT2D eigenvalue weighted by Crippen LogP contribution is 2.28. The number of carbonyl (C=O) groups is 1. The Morgan fingerprint density at radius 2 is 2.00 bits per heavy atom. The number of fused-ring (bicyclic) bond motifs is 1. The van der Waals surface area contributed by atoms with Gasteiger partial charge in [0.25, 0.3) is 0 Å². The van der Waals surface area contributed by atoms with Crippen molar-refractivity contribution in [1.29, 1.82) is 0 Å². The van der Waals surface area contributed by atoms with Crippen LogP contribution in [0.15, 0.2) is 34.9 Å². The van der Waals surface area contributed by atoms with E-state index in [4.69, 9.17) is 27.9 Å².